The topological polar surface area (TPSA) is 47.7 Å². The zero-order chi connectivity index (χ0) is 11.4. The minimum absolute atomic E-state index is 0.248. The summed E-state index contributed by atoms with van der Waals surface area (Å²) < 4.78 is 11.6. The third kappa shape index (κ3) is 3.17. The largest absolute Gasteiger partial charge is 0.375 e. The number of nitrogens with zero attached hydrogens (tertiary/aromatic N) is 1. The highest BCUT2D eigenvalue weighted by molar-refractivity contribution is 4.79. The van der Waals surface area contributed by atoms with Gasteiger partial charge in [0, 0.05) is 13.1 Å². The first kappa shape index (κ1) is 12.3. The van der Waals surface area contributed by atoms with E-state index in [1.807, 2.05) is 0 Å². The Morgan fingerprint density at radius 1 is 1.44 bits per heavy atom. The molecular formula is C12H24N2O2. The van der Waals surface area contributed by atoms with E-state index >= 15 is 0 Å². The molecule has 1 saturated carbocycles. The average Bonchev–Trinajstić information content (AvgIpc) is 2.74. The van der Waals surface area contributed by atoms with E-state index in [1.54, 1.807) is 0 Å². The van der Waals surface area contributed by atoms with E-state index in [1.165, 1.54) is 19.3 Å². The molecule has 3 unspecified atom stereocenters. The van der Waals surface area contributed by atoms with Crippen molar-refractivity contribution in [1.82, 2.24) is 4.90 Å². The van der Waals surface area contributed by atoms with E-state index in [-0.39, 0.29) is 6.10 Å². The van der Waals surface area contributed by atoms with Crippen LogP contribution in [0.25, 0.3) is 0 Å². The third-order valence-corrected chi connectivity index (χ3v) is 3.73. The lowest BCUT2D eigenvalue weighted by atomic mass is 10.1. The van der Waals surface area contributed by atoms with Crippen molar-refractivity contribution in [3.63, 3.8) is 0 Å². The van der Waals surface area contributed by atoms with Crippen LogP contribution in [0.2, 0.25) is 0 Å². The van der Waals surface area contributed by atoms with Crippen molar-refractivity contribution in [1.29, 1.82) is 0 Å². The number of likely N-dealkylation sites (N-methyl/N-ethyl adjacent to an activating group) is 1. The Hall–Kier alpha value is -0.160. The molecule has 1 heterocycles. The summed E-state index contributed by atoms with van der Waals surface area (Å²) in [4.78, 5) is 2.30. The predicted molar refractivity (Wildman–Crippen MR) is 63.4 cm³/mol. The molecule has 0 spiro atoms. The SMILES string of the molecule is CN1CCOC(COC2CCCC2CN)C1. The van der Waals surface area contributed by atoms with Crippen LogP contribution in [0.15, 0.2) is 0 Å². The number of rotatable bonds is 4. The molecule has 1 aliphatic heterocycles. The van der Waals surface area contributed by atoms with Gasteiger partial charge >= 0.3 is 0 Å². The highest BCUT2D eigenvalue weighted by atomic mass is 16.5. The first-order valence-electron chi connectivity index (χ1n) is 6.41. The van der Waals surface area contributed by atoms with Gasteiger partial charge in [0.1, 0.15) is 0 Å². The molecule has 94 valence electrons. The monoisotopic (exact) mass is 228 g/mol. The van der Waals surface area contributed by atoms with E-state index in [9.17, 15) is 0 Å². The van der Waals surface area contributed by atoms with E-state index in [0.717, 1.165) is 32.8 Å². The molecule has 0 radical (unpaired) electrons. The summed E-state index contributed by atoms with van der Waals surface area (Å²) in [5, 5.41) is 0. The molecule has 3 atom stereocenters. The van der Waals surface area contributed by atoms with Gasteiger partial charge in [-0.05, 0) is 32.4 Å². The van der Waals surface area contributed by atoms with Gasteiger partial charge in [-0.25, -0.2) is 0 Å². The van der Waals surface area contributed by atoms with Crippen LogP contribution in [0.5, 0.6) is 0 Å². The standard InChI is InChI=1S/C12H24N2O2/c1-14-5-6-15-11(8-14)9-16-12-4-2-3-10(12)7-13/h10-12H,2-9,13H2,1H3. The Labute approximate surface area is 98.1 Å². The molecule has 0 bridgehead atoms. The van der Waals surface area contributed by atoms with Crippen LogP contribution >= 0.6 is 0 Å². The molecule has 16 heavy (non-hydrogen) atoms. The zero-order valence-electron chi connectivity index (χ0n) is 10.2. The van der Waals surface area contributed by atoms with Crippen LogP contribution in [0.4, 0.5) is 0 Å². The molecule has 2 aliphatic rings. The van der Waals surface area contributed by atoms with E-state index < -0.39 is 0 Å². The second-order valence-corrected chi connectivity index (χ2v) is 5.05. The smallest absolute Gasteiger partial charge is 0.0935 e. The molecule has 0 aromatic carbocycles. The molecule has 4 heteroatoms. The lowest BCUT2D eigenvalue weighted by Crippen LogP contribution is -2.43. The fourth-order valence-electron chi connectivity index (χ4n) is 2.69. The van der Waals surface area contributed by atoms with Crippen LogP contribution in [0.1, 0.15) is 19.3 Å². The lowest BCUT2D eigenvalue weighted by molar-refractivity contribution is -0.0857. The van der Waals surface area contributed by atoms with Gasteiger partial charge in [-0.2, -0.15) is 0 Å². The summed E-state index contributed by atoms with van der Waals surface area (Å²) in [5.41, 5.74) is 5.74. The number of hydrogen-bond acceptors (Lipinski definition) is 4. The molecule has 0 aromatic rings. The lowest BCUT2D eigenvalue weighted by Gasteiger charge is -2.31. The quantitative estimate of drug-likeness (QED) is 0.759. The maximum Gasteiger partial charge on any atom is 0.0935 e. The van der Waals surface area contributed by atoms with Crippen molar-refractivity contribution in [2.45, 2.75) is 31.5 Å². The van der Waals surface area contributed by atoms with Gasteiger partial charge in [0.05, 0.1) is 25.4 Å². The van der Waals surface area contributed by atoms with Crippen molar-refractivity contribution >= 4 is 0 Å². The predicted octanol–water partition coefficient (Wildman–Crippen LogP) is 0.461. The summed E-state index contributed by atoms with van der Waals surface area (Å²) in [6, 6.07) is 0. The maximum atomic E-state index is 5.96. The Bertz CT molecular complexity index is 213. The minimum atomic E-state index is 0.248. The Balaban J connectivity index is 1.70. The number of ether oxygens (including phenoxy) is 2. The normalized spacial score (nSPS) is 36.8. The van der Waals surface area contributed by atoms with Gasteiger partial charge in [0.15, 0.2) is 0 Å². The molecule has 0 aromatic heterocycles. The van der Waals surface area contributed by atoms with Gasteiger partial charge in [-0.15, -0.1) is 0 Å². The van der Waals surface area contributed by atoms with Crippen molar-refractivity contribution in [3.8, 4) is 0 Å². The number of morpholine rings is 1. The third-order valence-electron chi connectivity index (χ3n) is 3.73. The fourth-order valence-corrected chi connectivity index (χ4v) is 2.69. The van der Waals surface area contributed by atoms with Gasteiger partial charge in [-0.1, -0.05) is 6.42 Å². The molecule has 1 saturated heterocycles. The van der Waals surface area contributed by atoms with Crippen LogP contribution < -0.4 is 5.73 Å². The highest BCUT2D eigenvalue weighted by Gasteiger charge is 2.28. The van der Waals surface area contributed by atoms with Gasteiger partial charge < -0.3 is 20.1 Å². The molecule has 0 amide bonds. The van der Waals surface area contributed by atoms with Crippen molar-refractivity contribution in [3.05, 3.63) is 0 Å². The van der Waals surface area contributed by atoms with Gasteiger partial charge in [0.2, 0.25) is 0 Å². The molecule has 1 aliphatic carbocycles. The minimum Gasteiger partial charge on any atom is -0.375 e. The van der Waals surface area contributed by atoms with Crippen LogP contribution in [-0.4, -0.2) is 57.0 Å². The van der Waals surface area contributed by atoms with Crippen LogP contribution in [0, 0.1) is 5.92 Å². The molecule has 4 nitrogen and oxygen atoms in total. The zero-order valence-corrected chi connectivity index (χ0v) is 10.2. The summed E-state index contributed by atoms with van der Waals surface area (Å²) >= 11 is 0. The summed E-state index contributed by atoms with van der Waals surface area (Å²) in [6.07, 6.45) is 4.29. The maximum absolute atomic E-state index is 5.96. The van der Waals surface area contributed by atoms with Gasteiger partial charge in [0.25, 0.3) is 0 Å². The second-order valence-electron chi connectivity index (χ2n) is 5.05. The fraction of sp³-hybridized carbons (Fsp3) is 1.00. The van der Waals surface area contributed by atoms with Crippen LogP contribution in [-0.2, 0) is 9.47 Å². The summed E-state index contributed by atoms with van der Waals surface area (Å²) in [5.74, 6) is 0.571. The second kappa shape index (κ2) is 5.96. The van der Waals surface area contributed by atoms with Crippen molar-refractivity contribution in [2.24, 2.45) is 11.7 Å². The molecular weight excluding hydrogens is 204 g/mol. The molecule has 2 fully saturated rings. The number of hydrogen-bond donors (Lipinski definition) is 1. The average molecular weight is 228 g/mol. The molecule has 2 rings (SSSR count). The van der Waals surface area contributed by atoms with Crippen LogP contribution in [0.3, 0.4) is 0 Å². The first-order valence-corrected chi connectivity index (χ1v) is 6.41. The first-order chi connectivity index (χ1) is 7.79. The van der Waals surface area contributed by atoms with E-state index in [2.05, 4.69) is 11.9 Å². The summed E-state index contributed by atoms with van der Waals surface area (Å²) in [6.45, 7) is 4.34. The highest BCUT2D eigenvalue weighted by Crippen LogP contribution is 2.27. The van der Waals surface area contributed by atoms with E-state index in [4.69, 9.17) is 15.2 Å². The van der Waals surface area contributed by atoms with E-state index in [0.29, 0.717) is 12.0 Å². The van der Waals surface area contributed by atoms with Crippen molar-refractivity contribution in [2.75, 3.05) is 39.9 Å². The van der Waals surface area contributed by atoms with Gasteiger partial charge in [-0.3, -0.25) is 0 Å². The molecule has 2 N–H and O–H groups in total. The Kier molecular flexibility index (Phi) is 4.58. The summed E-state index contributed by atoms with van der Waals surface area (Å²) in [7, 11) is 2.13. The Morgan fingerprint density at radius 2 is 2.31 bits per heavy atom. The van der Waals surface area contributed by atoms with Crippen molar-refractivity contribution < 1.29 is 9.47 Å². The Morgan fingerprint density at radius 3 is 3.06 bits per heavy atom. The number of nitrogens with two attached hydrogens (primary N) is 1.